The molecule has 0 spiro atoms. The van der Waals surface area contributed by atoms with Crippen LogP contribution >= 0.6 is 7.82 Å². The first-order chi connectivity index (χ1) is 19.1. The number of hydrogen-bond acceptors (Lipinski definition) is 11. The molecule has 3 heterocycles. The highest BCUT2D eigenvalue weighted by Crippen LogP contribution is 2.44. The van der Waals surface area contributed by atoms with Gasteiger partial charge in [0.2, 0.25) is 0 Å². The first kappa shape index (κ1) is 34.5. The van der Waals surface area contributed by atoms with Crippen molar-refractivity contribution >= 4 is 24.8 Å². The van der Waals surface area contributed by atoms with Gasteiger partial charge in [-0.15, -0.1) is 0 Å². The average Bonchev–Trinajstić information content (AvgIpc) is 3.50. The summed E-state index contributed by atoms with van der Waals surface area (Å²) in [5, 5.41) is 28.7. The van der Waals surface area contributed by atoms with Crippen LogP contribution in [-0.4, -0.2) is 77.9 Å². The topological polar surface area (TPSA) is 195 Å². The lowest BCUT2D eigenvalue weighted by atomic mass is 10.0. The number of phosphoric acid groups is 1. The van der Waals surface area contributed by atoms with E-state index in [2.05, 4.69) is 42.6 Å². The van der Waals surface area contributed by atoms with Crippen molar-refractivity contribution in [3.63, 3.8) is 0 Å². The Kier molecular flexibility index (Phi) is 14.9. The number of aliphatic hydroxyl groups is 3. The minimum absolute atomic E-state index is 0.218. The molecule has 0 bridgehead atoms. The Labute approximate surface area is 236 Å². The van der Waals surface area contributed by atoms with Crippen LogP contribution in [0.4, 0.5) is 5.82 Å². The standard InChI is InChI=1S/C16H35O4P.C10H13N5O4/c1-5-9-11-15(7-3)13-19-21(17,18)20-14-16(8-4)12-10-6-2;11-8-5-9(13-2-12-8)15(3-14-5)10-7(18)6(17)4(1-16)19-10/h15-16H,5-14H2,1-4H3,(H,17,18);2-4,6-7,10,16-18H,1H2,(H2,11,12,13)/t;4-,6-,7-,10-/m.1/s1. The zero-order valence-electron chi connectivity index (χ0n) is 24.1. The first-order valence-corrected chi connectivity index (χ1v) is 15.8. The van der Waals surface area contributed by atoms with E-state index in [0.717, 1.165) is 51.4 Å². The number of nitrogens with two attached hydrogens (primary N) is 1. The molecule has 6 N–H and O–H groups in total. The third-order valence-corrected chi connectivity index (χ3v) is 8.16. The van der Waals surface area contributed by atoms with Gasteiger partial charge in [-0.05, 0) is 24.7 Å². The number of fused-ring (bicyclic) bond motifs is 1. The monoisotopic (exact) mass is 589 g/mol. The maximum absolute atomic E-state index is 11.9. The molecule has 6 atom stereocenters. The lowest BCUT2D eigenvalue weighted by Gasteiger charge is -2.20. The van der Waals surface area contributed by atoms with Crippen LogP contribution in [0.2, 0.25) is 0 Å². The molecule has 1 fully saturated rings. The molecule has 0 saturated carbocycles. The quantitative estimate of drug-likeness (QED) is 0.179. The van der Waals surface area contributed by atoms with Crippen molar-refractivity contribution < 1.29 is 38.6 Å². The Bertz CT molecular complexity index is 1020. The molecule has 0 aromatic carbocycles. The fourth-order valence-corrected chi connectivity index (χ4v) is 5.27. The maximum Gasteiger partial charge on any atom is 0.472 e. The van der Waals surface area contributed by atoms with Crippen molar-refractivity contribution in [2.24, 2.45) is 11.8 Å². The molecule has 0 amide bonds. The van der Waals surface area contributed by atoms with Gasteiger partial charge in [-0.3, -0.25) is 13.6 Å². The molecule has 14 heteroatoms. The van der Waals surface area contributed by atoms with E-state index in [0.29, 0.717) is 36.2 Å². The second kappa shape index (κ2) is 17.3. The van der Waals surface area contributed by atoms with Crippen LogP contribution in [0.25, 0.3) is 11.2 Å². The number of hydrogen-bond donors (Lipinski definition) is 5. The SMILES string of the molecule is CCCCC(CC)COP(=O)(O)OCC(CC)CCCC.Nc1ncnc2c1ncn2[C@@H]1O[C@H](CO)[C@@H](O)[C@H]1O. The van der Waals surface area contributed by atoms with Crippen molar-refractivity contribution in [1.29, 1.82) is 0 Å². The van der Waals surface area contributed by atoms with Crippen LogP contribution in [0.1, 0.15) is 85.3 Å². The third-order valence-electron chi connectivity index (χ3n) is 7.21. The zero-order valence-corrected chi connectivity index (χ0v) is 25.0. The Hall–Kier alpha value is -1.70. The van der Waals surface area contributed by atoms with Gasteiger partial charge in [0.05, 0.1) is 26.1 Å². The molecule has 1 aliphatic rings. The van der Waals surface area contributed by atoms with Gasteiger partial charge in [-0.2, -0.15) is 0 Å². The highest BCUT2D eigenvalue weighted by Gasteiger charge is 2.44. The smallest absolute Gasteiger partial charge is 0.394 e. The summed E-state index contributed by atoms with van der Waals surface area (Å²) < 4.78 is 29.1. The molecule has 13 nitrogen and oxygen atoms in total. The van der Waals surface area contributed by atoms with E-state index in [9.17, 15) is 19.7 Å². The van der Waals surface area contributed by atoms with Crippen LogP contribution in [0.15, 0.2) is 12.7 Å². The Morgan fingerprint density at radius 1 is 1.00 bits per heavy atom. The summed E-state index contributed by atoms with van der Waals surface area (Å²) >= 11 is 0. The van der Waals surface area contributed by atoms with Crippen molar-refractivity contribution in [2.75, 3.05) is 25.6 Å². The minimum Gasteiger partial charge on any atom is -0.394 e. The zero-order chi connectivity index (χ0) is 29.7. The summed E-state index contributed by atoms with van der Waals surface area (Å²) in [4.78, 5) is 21.7. The van der Waals surface area contributed by atoms with Gasteiger partial charge in [0.25, 0.3) is 0 Å². The number of nitrogen functional groups attached to an aromatic ring is 1. The first-order valence-electron chi connectivity index (χ1n) is 14.3. The fourth-order valence-electron chi connectivity index (χ4n) is 4.40. The van der Waals surface area contributed by atoms with Crippen LogP contribution in [0.3, 0.4) is 0 Å². The largest absolute Gasteiger partial charge is 0.472 e. The van der Waals surface area contributed by atoms with Crippen molar-refractivity contribution in [3.8, 4) is 0 Å². The molecule has 0 aliphatic carbocycles. The molecule has 1 aliphatic heterocycles. The number of ether oxygens (including phenoxy) is 1. The Balaban J connectivity index is 0.000000281. The van der Waals surface area contributed by atoms with Gasteiger partial charge in [-0.25, -0.2) is 19.5 Å². The number of phosphoric ester groups is 1. The van der Waals surface area contributed by atoms with Gasteiger partial charge in [0, 0.05) is 0 Å². The highest BCUT2D eigenvalue weighted by molar-refractivity contribution is 7.47. The number of nitrogens with zero attached hydrogens (tertiary/aromatic N) is 4. The Morgan fingerprint density at radius 3 is 2.05 bits per heavy atom. The summed E-state index contributed by atoms with van der Waals surface area (Å²) in [6, 6.07) is 0. The van der Waals surface area contributed by atoms with Crippen molar-refractivity contribution in [1.82, 2.24) is 19.5 Å². The normalized spacial score (nSPS) is 23.9. The molecular weight excluding hydrogens is 541 g/mol. The van der Waals surface area contributed by atoms with E-state index >= 15 is 0 Å². The van der Waals surface area contributed by atoms with Crippen molar-refractivity contribution in [2.45, 2.75) is 104 Å². The van der Waals surface area contributed by atoms with Gasteiger partial charge in [-0.1, -0.05) is 66.2 Å². The fraction of sp³-hybridized carbons (Fsp3) is 0.808. The number of aromatic nitrogens is 4. The van der Waals surface area contributed by atoms with Crippen LogP contribution in [-0.2, 0) is 18.3 Å². The van der Waals surface area contributed by atoms with E-state index in [1.54, 1.807) is 0 Å². The molecule has 1 saturated heterocycles. The molecule has 2 aromatic heterocycles. The van der Waals surface area contributed by atoms with E-state index < -0.39 is 39.0 Å². The second-order valence-corrected chi connectivity index (χ2v) is 11.7. The molecular formula is C26H48N5O8P. The minimum atomic E-state index is -3.89. The summed E-state index contributed by atoms with van der Waals surface area (Å²) in [6.45, 7) is 8.71. The molecule has 40 heavy (non-hydrogen) atoms. The summed E-state index contributed by atoms with van der Waals surface area (Å²) in [7, 11) is -3.89. The van der Waals surface area contributed by atoms with E-state index in [1.807, 2.05) is 0 Å². The van der Waals surface area contributed by atoms with Crippen LogP contribution < -0.4 is 5.73 Å². The Morgan fingerprint density at radius 2 is 1.57 bits per heavy atom. The lowest BCUT2D eigenvalue weighted by molar-refractivity contribution is -0.0511. The average molecular weight is 590 g/mol. The third kappa shape index (κ3) is 9.99. The van der Waals surface area contributed by atoms with Crippen LogP contribution in [0.5, 0.6) is 0 Å². The number of aliphatic hydroxyl groups excluding tert-OH is 3. The molecule has 230 valence electrons. The van der Waals surface area contributed by atoms with Crippen LogP contribution in [0, 0.1) is 11.8 Å². The van der Waals surface area contributed by atoms with Gasteiger partial charge in [0.1, 0.15) is 30.2 Å². The number of unbranched alkanes of at least 4 members (excludes halogenated alkanes) is 2. The number of rotatable bonds is 16. The predicted molar refractivity (Wildman–Crippen MR) is 151 cm³/mol. The highest BCUT2D eigenvalue weighted by atomic mass is 31.2. The molecule has 3 rings (SSSR count). The summed E-state index contributed by atoms with van der Waals surface area (Å²) in [5.41, 5.74) is 6.44. The number of imidazole rings is 1. The van der Waals surface area contributed by atoms with Gasteiger partial charge in [0.15, 0.2) is 17.7 Å². The summed E-state index contributed by atoms with van der Waals surface area (Å²) in [5.74, 6) is 0.905. The van der Waals surface area contributed by atoms with E-state index in [1.165, 1.54) is 17.2 Å². The lowest BCUT2D eigenvalue weighted by Crippen LogP contribution is -2.33. The predicted octanol–water partition coefficient (Wildman–Crippen LogP) is 3.57. The number of anilines is 1. The van der Waals surface area contributed by atoms with Crippen molar-refractivity contribution in [3.05, 3.63) is 12.7 Å². The molecule has 2 unspecified atom stereocenters. The molecule has 0 radical (unpaired) electrons. The van der Waals surface area contributed by atoms with E-state index in [4.69, 9.17) is 24.6 Å². The van der Waals surface area contributed by atoms with Gasteiger partial charge < -0.3 is 30.7 Å². The molecule has 2 aromatic rings. The maximum atomic E-state index is 11.9. The van der Waals surface area contributed by atoms with E-state index in [-0.39, 0.29) is 5.82 Å². The second-order valence-electron chi connectivity index (χ2n) is 10.2. The van der Waals surface area contributed by atoms with Gasteiger partial charge >= 0.3 is 7.82 Å². The summed E-state index contributed by atoms with van der Waals surface area (Å²) in [6.07, 6.45) is 7.14.